The van der Waals surface area contributed by atoms with Crippen LogP contribution in [0.3, 0.4) is 0 Å². The van der Waals surface area contributed by atoms with Crippen LogP contribution in [0.25, 0.3) is 0 Å². The summed E-state index contributed by atoms with van der Waals surface area (Å²) in [6.07, 6.45) is 9.58. The van der Waals surface area contributed by atoms with Crippen LogP contribution in [0.2, 0.25) is 0 Å². The number of benzene rings is 1. The third-order valence-electron chi connectivity index (χ3n) is 5.50. The summed E-state index contributed by atoms with van der Waals surface area (Å²) in [5.41, 5.74) is 1.23. The molecule has 198 valence electrons. The van der Waals surface area contributed by atoms with Gasteiger partial charge in [-0.15, -0.1) is 24.2 Å². The maximum atomic E-state index is 4.85. The van der Waals surface area contributed by atoms with Crippen molar-refractivity contribution in [3.8, 4) is 0 Å². The van der Waals surface area contributed by atoms with Crippen molar-refractivity contribution in [2.75, 3.05) is 47.6 Å². The zero-order valence-electron chi connectivity index (χ0n) is 20.0. The first kappa shape index (κ1) is 33.3. The van der Waals surface area contributed by atoms with E-state index in [-0.39, 0.29) is 42.7 Å². The summed E-state index contributed by atoms with van der Waals surface area (Å²) in [6.45, 7) is 4.88. The Morgan fingerprint density at radius 1 is 0.758 bits per heavy atom. The molecule has 10 nitrogen and oxygen atoms in total. The minimum absolute atomic E-state index is 0. The molecule has 2 fully saturated rings. The van der Waals surface area contributed by atoms with Crippen molar-refractivity contribution < 1.29 is 5.71 Å². The fourth-order valence-electron chi connectivity index (χ4n) is 3.83. The predicted octanol–water partition coefficient (Wildman–Crippen LogP) is 6.24. The molecule has 0 spiro atoms. The number of nitrogens with zero attached hydrogens (tertiary/aromatic N) is 5. The molecular weight excluding hydrogens is 460 g/mol. The molecule has 0 amide bonds. The van der Waals surface area contributed by atoms with Crippen molar-refractivity contribution in [3.63, 3.8) is 0 Å². The molecule has 0 aliphatic carbocycles. The maximum Gasteiger partial charge on any atom is 0.231 e. The first-order valence-electron chi connectivity index (χ1n) is 10.4. The van der Waals surface area contributed by atoms with Crippen LogP contribution in [0, 0.1) is 0 Å². The van der Waals surface area contributed by atoms with E-state index in [4.69, 9.17) is 15.0 Å². The Kier molecular flexibility index (Phi) is 16.8. The first-order valence-corrected chi connectivity index (χ1v) is 11.7. The Morgan fingerprint density at radius 3 is 1.64 bits per heavy atom. The van der Waals surface area contributed by atoms with Crippen LogP contribution in [-0.4, -0.2) is 47.4 Å². The lowest BCUT2D eigenvalue weighted by atomic mass is 10.1. The Morgan fingerprint density at radius 2 is 1.21 bits per heavy atom. The Balaban J connectivity index is -0.000000267. The van der Waals surface area contributed by atoms with Gasteiger partial charge in [-0.1, -0.05) is 12.1 Å². The minimum atomic E-state index is 0. The molecule has 2 aliphatic rings. The van der Waals surface area contributed by atoms with E-state index in [1.165, 1.54) is 49.0 Å². The topological polar surface area (TPSA) is 197 Å². The van der Waals surface area contributed by atoms with Crippen LogP contribution in [0.1, 0.15) is 49.8 Å². The van der Waals surface area contributed by atoms with Gasteiger partial charge in [-0.25, -0.2) is 0 Å². The largest absolute Gasteiger partial charge is 0.350 e. The molecule has 33 heavy (non-hydrogen) atoms. The Bertz CT molecular complexity index is 750. The van der Waals surface area contributed by atoms with Gasteiger partial charge in [0.05, 0.1) is 0 Å². The molecule has 0 bridgehead atoms. The second-order valence-electron chi connectivity index (χ2n) is 7.56. The third-order valence-corrected chi connectivity index (χ3v) is 6.24. The number of piperidine rings is 2. The Hall–Kier alpha value is -1.89. The van der Waals surface area contributed by atoms with Gasteiger partial charge in [0, 0.05) is 43.3 Å². The van der Waals surface area contributed by atoms with Crippen LogP contribution in [-0.2, 0) is 6.54 Å². The lowest BCUT2D eigenvalue weighted by Crippen LogP contribution is -2.34. The Labute approximate surface area is 214 Å². The normalized spacial score (nSPS) is 14.9. The number of hydrogen-bond acceptors (Lipinski definition) is 11. The highest BCUT2D eigenvalue weighted by molar-refractivity contribution is 7.98. The quantitative estimate of drug-likeness (QED) is 0.275. The second kappa shape index (κ2) is 16.7. The van der Waals surface area contributed by atoms with Gasteiger partial charge in [-0.3, -0.25) is 0 Å². The van der Waals surface area contributed by atoms with Gasteiger partial charge in [0.2, 0.25) is 17.8 Å². The molecule has 0 radical (unpaired) electrons. The molecule has 1 aromatic heterocycles. The van der Waals surface area contributed by atoms with Crippen molar-refractivity contribution in [3.05, 3.63) is 29.8 Å². The summed E-state index contributed by atoms with van der Waals surface area (Å²) in [4.78, 5) is 20.3. The van der Waals surface area contributed by atoms with Crippen LogP contribution in [0.15, 0.2) is 29.2 Å². The van der Waals surface area contributed by atoms with Crippen molar-refractivity contribution in [2.24, 2.45) is 0 Å². The van der Waals surface area contributed by atoms with Gasteiger partial charge in [-0.05, 0) is 62.5 Å². The van der Waals surface area contributed by atoms with Gasteiger partial charge >= 0.3 is 0 Å². The molecule has 4 rings (SSSR count). The van der Waals surface area contributed by atoms with Crippen molar-refractivity contribution in [1.29, 1.82) is 0 Å². The third kappa shape index (κ3) is 9.11. The van der Waals surface area contributed by atoms with E-state index in [1.807, 2.05) is 0 Å². The molecule has 0 unspecified atom stereocenters. The molecule has 0 saturated carbocycles. The minimum Gasteiger partial charge on any atom is -0.350 e. The van der Waals surface area contributed by atoms with Crippen molar-refractivity contribution >= 4 is 42.0 Å². The summed E-state index contributed by atoms with van der Waals surface area (Å²) in [5.74, 6) is 2.34. The number of rotatable bonds is 6. The zero-order chi connectivity index (χ0) is 19.2. The van der Waals surface area contributed by atoms with Crippen molar-refractivity contribution in [1.82, 2.24) is 39.6 Å². The molecule has 2 saturated heterocycles. The van der Waals surface area contributed by atoms with E-state index >= 15 is 0 Å². The van der Waals surface area contributed by atoms with Crippen molar-refractivity contribution in [2.45, 2.75) is 50.0 Å². The number of anilines is 3. The molecule has 2 aliphatic heterocycles. The molecule has 0 atom stereocenters. The monoisotopic (exact) mass is 510 g/mol. The van der Waals surface area contributed by atoms with Crippen LogP contribution >= 0.6 is 24.2 Å². The standard InChI is InChI=1S/C21H30N6S.ClH.4H3N.4H2/c1-28-18-10-8-17(9-11-18)16-22-19-23-20(26-12-4-2-5-13-26)25-21(24-19)27-14-6-3-7-15-27;;;;;;;;;/h8-11H,2-7,12-16H2,1H3,(H,22,23,24,25);1H;4*1H3;4*1H. The highest BCUT2D eigenvalue weighted by atomic mass is 35.5. The lowest BCUT2D eigenvalue weighted by Gasteiger charge is -2.30. The SMILES string of the molecule is CSc1ccc(CNc2nc(N3CCCCC3)nc(N3CCCCC3)n2)cc1.Cl.N.N.N.N.[HH].[HH].[HH].[HH]. The summed E-state index contributed by atoms with van der Waals surface area (Å²) in [6, 6.07) is 8.65. The zero-order valence-corrected chi connectivity index (χ0v) is 21.6. The molecule has 2 aromatic rings. The summed E-state index contributed by atoms with van der Waals surface area (Å²) in [7, 11) is 0. The molecule has 1 aromatic carbocycles. The highest BCUT2D eigenvalue weighted by Gasteiger charge is 2.20. The number of nitrogens with one attached hydrogen (secondary N) is 1. The summed E-state index contributed by atoms with van der Waals surface area (Å²) in [5, 5.41) is 3.44. The van der Waals surface area contributed by atoms with Crippen LogP contribution < -0.4 is 39.7 Å². The predicted molar refractivity (Wildman–Crippen MR) is 153 cm³/mol. The van der Waals surface area contributed by atoms with E-state index in [2.05, 4.69) is 45.6 Å². The average molecular weight is 511 g/mol. The van der Waals surface area contributed by atoms with E-state index in [0.29, 0.717) is 5.95 Å². The van der Waals surface area contributed by atoms with E-state index in [1.54, 1.807) is 11.8 Å². The smallest absolute Gasteiger partial charge is 0.231 e. The number of halogens is 1. The molecule has 3 heterocycles. The van der Waals surface area contributed by atoms with Gasteiger partial charge < -0.3 is 39.7 Å². The van der Waals surface area contributed by atoms with Gasteiger partial charge in [0.15, 0.2) is 0 Å². The van der Waals surface area contributed by atoms with E-state index in [0.717, 1.165) is 44.6 Å². The van der Waals surface area contributed by atoms with Gasteiger partial charge in [0.1, 0.15) is 0 Å². The van der Waals surface area contributed by atoms with Gasteiger partial charge in [-0.2, -0.15) is 15.0 Å². The fraction of sp³-hybridized carbons (Fsp3) is 0.571. The number of hydrogen-bond donors (Lipinski definition) is 5. The summed E-state index contributed by atoms with van der Waals surface area (Å²) >= 11 is 1.76. The fourth-order valence-corrected chi connectivity index (χ4v) is 4.24. The van der Waals surface area contributed by atoms with Gasteiger partial charge in [0.25, 0.3) is 0 Å². The van der Waals surface area contributed by atoms with Crippen LogP contribution in [0.5, 0.6) is 0 Å². The van der Waals surface area contributed by atoms with E-state index < -0.39 is 0 Å². The highest BCUT2D eigenvalue weighted by Crippen LogP contribution is 2.23. The number of aromatic nitrogens is 3. The first-order chi connectivity index (χ1) is 13.8. The lowest BCUT2D eigenvalue weighted by molar-refractivity contribution is 0.556. The van der Waals surface area contributed by atoms with E-state index in [9.17, 15) is 0 Å². The molecular formula is C21H51ClN10S. The molecule has 12 heteroatoms. The second-order valence-corrected chi connectivity index (χ2v) is 8.44. The van der Waals surface area contributed by atoms with Crippen LogP contribution in [0.4, 0.5) is 17.8 Å². The summed E-state index contributed by atoms with van der Waals surface area (Å²) < 4.78 is 0. The maximum absolute atomic E-state index is 4.85. The molecule has 13 N–H and O–H groups in total. The average Bonchev–Trinajstić information content (AvgIpc) is 2.79. The number of thioether (sulfide) groups is 1.